The molecule has 1 N–H and O–H groups in total. The van der Waals surface area contributed by atoms with Gasteiger partial charge in [-0.2, -0.15) is 0 Å². The van der Waals surface area contributed by atoms with Crippen molar-refractivity contribution in [1.82, 2.24) is 19.4 Å². The molecule has 0 aliphatic carbocycles. The Hall–Kier alpha value is -2.89. The number of benzene rings is 2. The highest BCUT2D eigenvalue weighted by atomic mass is 35.5. The summed E-state index contributed by atoms with van der Waals surface area (Å²) in [5.41, 5.74) is 4.66. The maximum absolute atomic E-state index is 13.4. The molecule has 4 aromatic rings. The summed E-state index contributed by atoms with van der Waals surface area (Å²) in [4.78, 5) is 17.9. The van der Waals surface area contributed by atoms with Gasteiger partial charge in [-0.15, -0.1) is 12.4 Å². The van der Waals surface area contributed by atoms with E-state index in [4.69, 9.17) is 0 Å². The third-order valence-corrected chi connectivity index (χ3v) is 5.24. The highest BCUT2D eigenvalue weighted by molar-refractivity contribution is 5.85. The Kier molecular flexibility index (Phi) is 5.03. The number of nitrogens with zero attached hydrogens (tertiary/aromatic N) is 3. The van der Waals surface area contributed by atoms with E-state index >= 15 is 0 Å². The molecular weight excluding hydrogens is 372 g/mol. The van der Waals surface area contributed by atoms with Crippen LogP contribution in [0.15, 0.2) is 77.7 Å². The molecule has 0 bridgehead atoms. The number of nitrogens with one attached hydrogen (secondary N) is 1. The van der Waals surface area contributed by atoms with Crippen LogP contribution in [0.25, 0.3) is 28.0 Å². The van der Waals surface area contributed by atoms with Crippen molar-refractivity contribution in [1.29, 1.82) is 0 Å². The average Bonchev–Trinajstić information content (AvgIpc) is 3.34. The molecule has 142 valence electrons. The van der Waals surface area contributed by atoms with Crippen LogP contribution in [-0.2, 0) is 0 Å². The molecule has 0 spiro atoms. The lowest BCUT2D eigenvalue weighted by atomic mass is 10.1. The maximum atomic E-state index is 13.4. The number of rotatable bonds is 3. The first-order chi connectivity index (χ1) is 13.3. The van der Waals surface area contributed by atoms with Crippen molar-refractivity contribution in [2.24, 2.45) is 0 Å². The minimum atomic E-state index is -0.0254. The maximum Gasteiger partial charge on any atom is 0.335 e. The largest absolute Gasteiger partial charge is 0.335 e. The minimum Gasteiger partial charge on any atom is -0.315 e. The molecular formula is C22H21ClN4O. The van der Waals surface area contributed by atoms with Crippen LogP contribution in [0, 0.1) is 0 Å². The number of aromatic nitrogens is 3. The van der Waals surface area contributed by atoms with Crippen LogP contribution < -0.4 is 11.0 Å². The standard InChI is InChI=1S/C22H20N4O.ClH/c27-22-25(18-9-4-8-17(14-18)16-6-2-1-3-7-16)20-10-5-12-24-21(20)26(22)19-11-13-23-15-19;/h1-10,12,14,19,23H,11,13,15H2;1H. The topological polar surface area (TPSA) is 51.9 Å². The number of hydrogen-bond donors (Lipinski definition) is 1. The van der Waals surface area contributed by atoms with Crippen LogP contribution in [-0.4, -0.2) is 27.2 Å². The van der Waals surface area contributed by atoms with Gasteiger partial charge in [-0.3, -0.25) is 9.13 Å². The Morgan fingerprint density at radius 2 is 1.79 bits per heavy atom. The van der Waals surface area contributed by atoms with Gasteiger partial charge >= 0.3 is 5.69 Å². The second-order valence-corrected chi connectivity index (χ2v) is 6.90. The summed E-state index contributed by atoms with van der Waals surface area (Å²) >= 11 is 0. The molecule has 1 aliphatic rings. The highest BCUT2D eigenvalue weighted by Gasteiger charge is 2.24. The fraction of sp³-hybridized carbons (Fsp3) is 0.182. The van der Waals surface area contributed by atoms with Crippen molar-refractivity contribution >= 4 is 23.6 Å². The van der Waals surface area contributed by atoms with E-state index < -0.39 is 0 Å². The normalized spacial score (nSPS) is 16.2. The second kappa shape index (κ2) is 7.62. The van der Waals surface area contributed by atoms with Crippen molar-refractivity contribution < 1.29 is 0 Å². The minimum absolute atomic E-state index is 0. The van der Waals surface area contributed by atoms with Crippen LogP contribution in [0.1, 0.15) is 12.5 Å². The summed E-state index contributed by atoms with van der Waals surface area (Å²) in [6.07, 6.45) is 2.70. The fourth-order valence-corrected chi connectivity index (χ4v) is 3.94. The Morgan fingerprint density at radius 3 is 2.57 bits per heavy atom. The van der Waals surface area contributed by atoms with Crippen LogP contribution in [0.5, 0.6) is 0 Å². The van der Waals surface area contributed by atoms with Gasteiger partial charge in [0.15, 0.2) is 5.65 Å². The molecule has 5 rings (SSSR count). The summed E-state index contributed by atoms with van der Waals surface area (Å²) < 4.78 is 3.64. The molecule has 1 fully saturated rings. The molecule has 6 heteroatoms. The lowest BCUT2D eigenvalue weighted by Gasteiger charge is -2.09. The summed E-state index contributed by atoms with van der Waals surface area (Å²) in [7, 11) is 0. The number of halogens is 1. The van der Waals surface area contributed by atoms with Gasteiger partial charge in [0.25, 0.3) is 0 Å². The summed E-state index contributed by atoms with van der Waals surface area (Å²) in [5, 5.41) is 3.35. The van der Waals surface area contributed by atoms with Gasteiger partial charge in [-0.1, -0.05) is 42.5 Å². The molecule has 1 aliphatic heterocycles. The first-order valence-corrected chi connectivity index (χ1v) is 9.27. The number of fused-ring (bicyclic) bond motifs is 1. The van der Waals surface area contributed by atoms with Crippen molar-refractivity contribution in [3.8, 4) is 16.8 Å². The van der Waals surface area contributed by atoms with E-state index in [9.17, 15) is 4.79 Å². The van der Waals surface area contributed by atoms with Crippen molar-refractivity contribution in [3.63, 3.8) is 0 Å². The van der Waals surface area contributed by atoms with E-state index in [0.717, 1.165) is 47.5 Å². The average molecular weight is 393 g/mol. The first-order valence-electron chi connectivity index (χ1n) is 9.27. The molecule has 0 saturated carbocycles. The van der Waals surface area contributed by atoms with E-state index in [-0.39, 0.29) is 24.1 Å². The summed E-state index contributed by atoms with van der Waals surface area (Å²) in [5.74, 6) is 0. The Balaban J connectivity index is 0.00000192. The lowest BCUT2D eigenvalue weighted by molar-refractivity contribution is 0.537. The number of pyridine rings is 1. The van der Waals surface area contributed by atoms with E-state index in [1.807, 2.05) is 47.0 Å². The SMILES string of the molecule is Cl.O=c1n(-c2cccc(-c3ccccc3)c2)c2cccnc2n1C1CCNC1. The summed E-state index contributed by atoms with van der Waals surface area (Å²) in [6, 6.07) is 22.3. The molecule has 1 saturated heterocycles. The van der Waals surface area contributed by atoms with E-state index in [2.05, 4.69) is 34.6 Å². The van der Waals surface area contributed by atoms with Crippen molar-refractivity contribution in [2.45, 2.75) is 12.5 Å². The van der Waals surface area contributed by atoms with Crippen molar-refractivity contribution in [2.75, 3.05) is 13.1 Å². The zero-order valence-corrected chi connectivity index (χ0v) is 16.1. The quantitative estimate of drug-likeness (QED) is 0.576. The monoisotopic (exact) mass is 392 g/mol. The molecule has 28 heavy (non-hydrogen) atoms. The third-order valence-electron chi connectivity index (χ3n) is 5.24. The van der Waals surface area contributed by atoms with Gasteiger partial charge in [0.2, 0.25) is 0 Å². The van der Waals surface area contributed by atoms with E-state index in [1.165, 1.54) is 0 Å². The van der Waals surface area contributed by atoms with Crippen LogP contribution in [0.3, 0.4) is 0 Å². The third kappa shape index (κ3) is 3.03. The van der Waals surface area contributed by atoms with E-state index in [0.29, 0.717) is 0 Å². The van der Waals surface area contributed by atoms with Crippen LogP contribution >= 0.6 is 12.4 Å². The zero-order chi connectivity index (χ0) is 18.2. The smallest absolute Gasteiger partial charge is 0.315 e. The Bertz CT molecular complexity index is 1160. The number of hydrogen-bond acceptors (Lipinski definition) is 3. The fourth-order valence-electron chi connectivity index (χ4n) is 3.94. The van der Waals surface area contributed by atoms with Gasteiger partial charge < -0.3 is 5.32 Å². The highest BCUT2D eigenvalue weighted by Crippen LogP contribution is 2.25. The van der Waals surface area contributed by atoms with Crippen molar-refractivity contribution in [3.05, 3.63) is 83.4 Å². The molecule has 5 nitrogen and oxygen atoms in total. The van der Waals surface area contributed by atoms with E-state index in [1.54, 1.807) is 10.8 Å². The molecule has 1 unspecified atom stereocenters. The molecule has 0 radical (unpaired) electrons. The second-order valence-electron chi connectivity index (χ2n) is 6.90. The molecule has 3 heterocycles. The predicted octanol–water partition coefficient (Wildman–Crippen LogP) is 3.81. The van der Waals surface area contributed by atoms with Gasteiger partial charge in [0, 0.05) is 12.7 Å². The molecule has 2 aromatic carbocycles. The number of imidazole rings is 1. The predicted molar refractivity (Wildman–Crippen MR) is 115 cm³/mol. The molecule has 1 atom stereocenters. The molecule has 2 aromatic heterocycles. The van der Waals surface area contributed by atoms with Gasteiger partial charge in [0.05, 0.1) is 17.2 Å². The van der Waals surface area contributed by atoms with Gasteiger partial charge in [-0.25, -0.2) is 9.78 Å². The Labute approximate surface area is 169 Å². The zero-order valence-electron chi connectivity index (χ0n) is 15.3. The lowest BCUT2D eigenvalue weighted by Crippen LogP contribution is -2.28. The van der Waals surface area contributed by atoms with Gasteiger partial charge in [0.1, 0.15) is 0 Å². The van der Waals surface area contributed by atoms with Crippen LogP contribution in [0.2, 0.25) is 0 Å². The molecule has 0 amide bonds. The summed E-state index contributed by atoms with van der Waals surface area (Å²) in [6.45, 7) is 1.74. The first kappa shape index (κ1) is 18.5. The van der Waals surface area contributed by atoms with Crippen LogP contribution in [0.4, 0.5) is 0 Å². The Morgan fingerprint density at radius 1 is 0.964 bits per heavy atom. The van der Waals surface area contributed by atoms with Gasteiger partial charge in [-0.05, 0) is 48.4 Å².